The van der Waals surface area contributed by atoms with Crippen LogP contribution in [0.3, 0.4) is 0 Å². The predicted molar refractivity (Wildman–Crippen MR) is 95.4 cm³/mol. The van der Waals surface area contributed by atoms with Crippen molar-refractivity contribution in [3.8, 4) is 0 Å². The molecule has 0 atom stereocenters. The molecular weight excluding hydrogens is 284 g/mol. The van der Waals surface area contributed by atoms with E-state index in [1.54, 1.807) is 0 Å². The second-order valence-corrected chi connectivity index (χ2v) is 7.65. The molecule has 2 aliphatic rings. The van der Waals surface area contributed by atoms with E-state index < -0.39 is 0 Å². The summed E-state index contributed by atoms with van der Waals surface area (Å²) in [5.74, 6) is 1.84. The monoisotopic (exact) mass is 314 g/mol. The molecular formula is C20H30N2O. The lowest BCUT2D eigenvalue weighted by Crippen LogP contribution is -2.54. The first-order chi connectivity index (χ1) is 11.1. The molecule has 1 amide bonds. The fourth-order valence-corrected chi connectivity index (χ4v) is 4.24. The summed E-state index contributed by atoms with van der Waals surface area (Å²) in [4.78, 5) is 15.4. The Labute approximate surface area is 140 Å². The van der Waals surface area contributed by atoms with E-state index in [4.69, 9.17) is 0 Å². The van der Waals surface area contributed by atoms with E-state index >= 15 is 0 Å². The fraction of sp³-hybridized carbons (Fsp3) is 0.650. The third-order valence-corrected chi connectivity index (χ3v) is 5.79. The number of hydrogen-bond donors (Lipinski definition) is 1. The number of piperidine rings is 1. The molecule has 23 heavy (non-hydrogen) atoms. The molecule has 0 unspecified atom stereocenters. The molecule has 1 saturated heterocycles. The molecule has 1 N–H and O–H groups in total. The van der Waals surface area contributed by atoms with E-state index in [1.807, 2.05) is 18.2 Å². The van der Waals surface area contributed by atoms with Crippen LogP contribution in [0.5, 0.6) is 0 Å². The molecule has 3 nitrogen and oxygen atoms in total. The van der Waals surface area contributed by atoms with Crippen LogP contribution in [0.1, 0.15) is 52.4 Å². The summed E-state index contributed by atoms with van der Waals surface area (Å²) in [6.45, 7) is 6.47. The Balaban J connectivity index is 1.70. The van der Waals surface area contributed by atoms with Crippen molar-refractivity contribution in [3.05, 3.63) is 30.3 Å². The largest absolute Gasteiger partial charge is 0.371 e. The van der Waals surface area contributed by atoms with Crippen LogP contribution in [0.15, 0.2) is 30.3 Å². The maximum absolute atomic E-state index is 13.3. The summed E-state index contributed by atoms with van der Waals surface area (Å²) in [7, 11) is 0. The van der Waals surface area contributed by atoms with Gasteiger partial charge in [0.25, 0.3) is 0 Å². The van der Waals surface area contributed by atoms with Crippen LogP contribution in [-0.4, -0.2) is 29.4 Å². The predicted octanol–water partition coefficient (Wildman–Crippen LogP) is 4.31. The number of anilines is 1. The zero-order chi connectivity index (χ0) is 16.3. The third kappa shape index (κ3) is 3.54. The molecule has 126 valence electrons. The van der Waals surface area contributed by atoms with E-state index in [1.165, 1.54) is 0 Å². The van der Waals surface area contributed by atoms with Crippen molar-refractivity contribution in [3.63, 3.8) is 0 Å². The topological polar surface area (TPSA) is 32.3 Å². The Kier molecular flexibility index (Phi) is 4.93. The van der Waals surface area contributed by atoms with Gasteiger partial charge in [0.2, 0.25) is 5.91 Å². The minimum absolute atomic E-state index is 0.334. The zero-order valence-electron chi connectivity index (χ0n) is 14.6. The molecule has 0 aromatic heterocycles. The van der Waals surface area contributed by atoms with Crippen molar-refractivity contribution >= 4 is 11.6 Å². The molecule has 1 aromatic rings. The minimum Gasteiger partial charge on any atom is -0.371 e. The van der Waals surface area contributed by atoms with E-state index in [-0.39, 0.29) is 5.54 Å². The molecule has 2 fully saturated rings. The first kappa shape index (κ1) is 16.4. The highest BCUT2D eigenvalue weighted by atomic mass is 16.2. The summed E-state index contributed by atoms with van der Waals surface area (Å²) in [5, 5.41) is 3.59. The van der Waals surface area contributed by atoms with Crippen molar-refractivity contribution < 1.29 is 4.79 Å². The van der Waals surface area contributed by atoms with Crippen LogP contribution >= 0.6 is 0 Å². The van der Waals surface area contributed by atoms with Gasteiger partial charge in [-0.05, 0) is 49.7 Å². The summed E-state index contributed by atoms with van der Waals surface area (Å²) in [6.07, 6.45) is 6.54. The average Bonchev–Trinajstić information content (AvgIpc) is 3.05. The molecule has 0 spiro atoms. The summed E-state index contributed by atoms with van der Waals surface area (Å²) >= 11 is 0. The molecule has 1 saturated carbocycles. The van der Waals surface area contributed by atoms with Gasteiger partial charge in [-0.2, -0.15) is 0 Å². The molecule has 0 bridgehead atoms. The molecule has 3 rings (SSSR count). The number of rotatable bonds is 4. The van der Waals surface area contributed by atoms with E-state index in [0.29, 0.717) is 5.91 Å². The van der Waals surface area contributed by atoms with Crippen LogP contribution in [0.2, 0.25) is 0 Å². The Morgan fingerprint density at radius 2 is 1.74 bits per heavy atom. The van der Waals surface area contributed by atoms with Crippen molar-refractivity contribution in [2.45, 2.75) is 57.9 Å². The van der Waals surface area contributed by atoms with Crippen molar-refractivity contribution in [2.75, 3.05) is 18.4 Å². The van der Waals surface area contributed by atoms with Crippen LogP contribution in [0.25, 0.3) is 0 Å². The van der Waals surface area contributed by atoms with E-state index in [2.05, 4.69) is 36.2 Å². The number of carbonyl (C=O) groups is 1. The molecule has 1 heterocycles. The number of likely N-dealkylation sites (tertiary alicyclic amines) is 1. The summed E-state index contributed by atoms with van der Waals surface area (Å²) in [6, 6.07) is 10.2. The second kappa shape index (κ2) is 6.94. The Morgan fingerprint density at radius 3 is 2.30 bits per heavy atom. The maximum atomic E-state index is 13.3. The molecule has 3 heteroatoms. The average molecular weight is 314 g/mol. The lowest BCUT2D eigenvalue weighted by atomic mass is 9.85. The van der Waals surface area contributed by atoms with Gasteiger partial charge >= 0.3 is 0 Å². The molecule has 1 aromatic carbocycles. The van der Waals surface area contributed by atoms with Gasteiger partial charge in [-0.1, -0.05) is 44.9 Å². The highest BCUT2D eigenvalue weighted by molar-refractivity contribution is 5.90. The van der Waals surface area contributed by atoms with Gasteiger partial charge in [-0.25, -0.2) is 0 Å². The highest BCUT2D eigenvalue weighted by Gasteiger charge is 2.44. The van der Waals surface area contributed by atoms with Crippen molar-refractivity contribution in [2.24, 2.45) is 11.8 Å². The SMILES string of the molecule is CC(C)C1CCN(C(=O)C2(Nc3ccccc3)CCCC2)CC1. The normalized spacial score (nSPS) is 21.6. The van der Waals surface area contributed by atoms with Gasteiger partial charge in [0, 0.05) is 18.8 Å². The van der Waals surface area contributed by atoms with Crippen LogP contribution in [0.4, 0.5) is 5.69 Å². The minimum atomic E-state index is -0.369. The number of amides is 1. The Hall–Kier alpha value is -1.51. The number of hydrogen-bond acceptors (Lipinski definition) is 2. The standard InChI is InChI=1S/C20H30N2O/c1-16(2)17-10-14-22(15-11-17)19(23)20(12-6-7-13-20)21-18-8-4-3-5-9-18/h3-5,8-9,16-17,21H,6-7,10-15H2,1-2H3. The van der Waals surface area contributed by atoms with E-state index in [0.717, 1.165) is 69.1 Å². The summed E-state index contributed by atoms with van der Waals surface area (Å²) in [5.41, 5.74) is 0.700. The fourth-order valence-electron chi connectivity index (χ4n) is 4.24. The number of benzene rings is 1. The van der Waals surface area contributed by atoms with E-state index in [9.17, 15) is 4.79 Å². The Bertz CT molecular complexity index is 512. The number of para-hydroxylation sites is 1. The first-order valence-corrected chi connectivity index (χ1v) is 9.23. The molecule has 1 aliphatic carbocycles. The highest BCUT2D eigenvalue weighted by Crippen LogP contribution is 2.36. The number of nitrogens with one attached hydrogen (secondary N) is 1. The maximum Gasteiger partial charge on any atom is 0.248 e. The molecule has 0 radical (unpaired) electrons. The quantitative estimate of drug-likeness (QED) is 0.898. The molecule has 1 aliphatic heterocycles. The van der Waals surface area contributed by atoms with Crippen molar-refractivity contribution in [1.82, 2.24) is 4.90 Å². The second-order valence-electron chi connectivity index (χ2n) is 7.65. The first-order valence-electron chi connectivity index (χ1n) is 9.23. The Morgan fingerprint density at radius 1 is 1.13 bits per heavy atom. The van der Waals surface area contributed by atoms with Gasteiger partial charge in [-0.3, -0.25) is 4.79 Å². The van der Waals surface area contributed by atoms with Gasteiger partial charge in [0.05, 0.1) is 0 Å². The lowest BCUT2D eigenvalue weighted by Gasteiger charge is -2.40. The van der Waals surface area contributed by atoms with Crippen molar-refractivity contribution in [1.29, 1.82) is 0 Å². The van der Waals surface area contributed by atoms with Gasteiger partial charge in [0.15, 0.2) is 0 Å². The van der Waals surface area contributed by atoms with Gasteiger partial charge in [0.1, 0.15) is 5.54 Å². The lowest BCUT2D eigenvalue weighted by molar-refractivity contribution is -0.137. The summed E-state index contributed by atoms with van der Waals surface area (Å²) < 4.78 is 0. The number of nitrogens with zero attached hydrogens (tertiary/aromatic N) is 1. The zero-order valence-corrected chi connectivity index (χ0v) is 14.6. The van der Waals surface area contributed by atoms with Crippen LogP contribution < -0.4 is 5.32 Å². The van der Waals surface area contributed by atoms with Gasteiger partial charge in [-0.15, -0.1) is 0 Å². The third-order valence-electron chi connectivity index (χ3n) is 5.79. The number of carbonyl (C=O) groups excluding carboxylic acids is 1. The smallest absolute Gasteiger partial charge is 0.248 e. The van der Waals surface area contributed by atoms with Crippen LogP contribution in [-0.2, 0) is 4.79 Å². The van der Waals surface area contributed by atoms with Crippen LogP contribution in [0, 0.1) is 11.8 Å². The van der Waals surface area contributed by atoms with Gasteiger partial charge < -0.3 is 10.2 Å².